The third-order valence-electron chi connectivity index (χ3n) is 3.50. The summed E-state index contributed by atoms with van der Waals surface area (Å²) in [6, 6.07) is 0. The van der Waals surface area contributed by atoms with Crippen LogP contribution in [0.2, 0.25) is 0 Å². The van der Waals surface area contributed by atoms with Crippen LogP contribution in [0, 0.1) is 0 Å². The van der Waals surface area contributed by atoms with E-state index in [2.05, 4.69) is 12.2 Å². The van der Waals surface area contributed by atoms with E-state index >= 15 is 0 Å². The molecule has 0 amide bonds. The average Bonchev–Trinajstić information content (AvgIpc) is 2.20. The summed E-state index contributed by atoms with van der Waals surface area (Å²) in [5.41, 5.74) is 6.35. The average molecular weight is 212 g/mol. The summed E-state index contributed by atoms with van der Waals surface area (Å²) in [7, 11) is 0. The molecule has 0 aromatic carbocycles. The quantitative estimate of drug-likeness (QED) is 0.542. The van der Waals surface area contributed by atoms with E-state index in [1.807, 2.05) is 0 Å². The van der Waals surface area contributed by atoms with Crippen LogP contribution in [0.4, 0.5) is 0 Å². The maximum absolute atomic E-state index is 6.40. The maximum Gasteiger partial charge on any atom is 0.0661 e. The minimum Gasteiger partial charge on any atom is -0.313 e. The maximum atomic E-state index is 6.40. The van der Waals surface area contributed by atoms with Gasteiger partial charge >= 0.3 is 0 Å². The second-order valence-corrected chi connectivity index (χ2v) is 5.06. The first-order valence-electron chi connectivity index (χ1n) is 6.81. The number of nitrogens with one attached hydrogen (secondary N) is 1. The number of hydrogen-bond acceptors (Lipinski definition) is 2. The fraction of sp³-hybridized carbons (Fsp3) is 1.00. The number of nitrogens with two attached hydrogens (primary N) is 1. The molecule has 1 aliphatic carbocycles. The van der Waals surface area contributed by atoms with E-state index < -0.39 is 0 Å². The van der Waals surface area contributed by atoms with Crippen molar-refractivity contribution in [2.24, 2.45) is 5.73 Å². The summed E-state index contributed by atoms with van der Waals surface area (Å²) in [5, 5.41) is 3.58. The van der Waals surface area contributed by atoms with Gasteiger partial charge in [0.15, 0.2) is 0 Å². The lowest BCUT2D eigenvalue weighted by Gasteiger charge is -2.32. The van der Waals surface area contributed by atoms with Gasteiger partial charge in [-0.2, -0.15) is 0 Å². The van der Waals surface area contributed by atoms with Crippen LogP contribution < -0.4 is 11.1 Å². The van der Waals surface area contributed by atoms with E-state index in [0.717, 1.165) is 6.54 Å². The molecule has 1 fully saturated rings. The molecule has 0 saturated heterocycles. The highest BCUT2D eigenvalue weighted by Gasteiger charge is 2.23. The van der Waals surface area contributed by atoms with Crippen molar-refractivity contribution in [3.8, 4) is 0 Å². The van der Waals surface area contributed by atoms with Crippen molar-refractivity contribution in [2.75, 3.05) is 6.54 Å². The molecule has 3 N–H and O–H groups in total. The molecular weight excluding hydrogens is 184 g/mol. The van der Waals surface area contributed by atoms with Crippen LogP contribution in [0.3, 0.4) is 0 Å². The van der Waals surface area contributed by atoms with Crippen LogP contribution >= 0.6 is 0 Å². The predicted octanol–water partition coefficient (Wildman–Crippen LogP) is 3.17. The standard InChI is InChI=1S/C13H28N2/c1-2-3-9-12-15-13(14)10-7-5-4-6-8-11-13/h15H,2-12,14H2,1H3. The van der Waals surface area contributed by atoms with E-state index in [1.165, 1.54) is 64.2 Å². The fourth-order valence-corrected chi connectivity index (χ4v) is 2.43. The molecule has 0 heterocycles. The Morgan fingerprint density at radius 1 is 1.00 bits per heavy atom. The van der Waals surface area contributed by atoms with Gasteiger partial charge in [-0.05, 0) is 25.8 Å². The van der Waals surface area contributed by atoms with Crippen molar-refractivity contribution in [1.29, 1.82) is 0 Å². The van der Waals surface area contributed by atoms with Crippen molar-refractivity contribution in [3.63, 3.8) is 0 Å². The Bertz CT molecular complexity index is 149. The first-order chi connectivity index (χ1) is 7.27. The predicted molar refractivity (Wildman–Crippen MR) is 66.8 cm³/mol. The van der Waals surface area contributed by atoms with E-state index in [9.17, 15) is 0 Å². The van der Waals surface area contributed by atoms with Gasteiger partial charge in [0.1, 0.15) is 0 Å². The van der Waals surface area contributed by atoms with Gasteiger partial charge in [0, 0.05) is 0 Å². The van der Waals surface area contributed by atoms with Crippen molar-refractivity contribution < 1.29 is 0 Å². The smallest absolute Gasteiger partial charge is 0.0661 e. The first kappa shape index (κ1) is 13.0. The van der Waals surface area contributed by atoms with Crippen LogP contribution in [0.5, 0.6) is 0 Å². The zero-order valence-electron chi connectivity index (χ0n) is 10.4. The second-order valence-electron chi connectivity index (χ2n) is 5.06. The Kier molecular flexibility index (Phi) is 6.26. The molecule has 1 rings (SSSR count). The Labute approximate surface area is 95.0 Å². The monoisotopic (exact) mass is 212 g/mol. The van der Waals surface area contributed by atoms with Crippen LogP contribution in [0.1, 0.15) is 71.1 Å². The van der Waals surface area contributed by atoms with Gasteiger partial charge in [-0.1, -0.05) is 51.9 Å². The van der Waals surface area contributed by atoms with Crippen LogP contribution in [-0.2, 0) is 0 Å². The van der Waals surface area contributed by atoms with Gasteiger partial charge in [0.25, 0.3) is 0 Å². The van der Waals surface area contributed by atoms with Crippen LogP contribution in [0.25, 0.3) is 0 Å². The number of unbranched alkanes of at least 4 members (excludes halogenated alkanes) is 2. The molecule has 0 atom stereocenters. The molecule has 1 saturated carbocycles. The molecule has 15 heavy (non-hydrogen) atoms. The van der Waals surface area contributed by atoms with Crippen molar-refractivity contribution in [3.05, 3.63) is 0 Å². The Morgan fingerprint density at radius 2 is 1.60 bits per heavy atom. The van der Waals surface area contributed by atoms with Gasteiger partial charge in [-0.25, -0.2) is 0 Å². The Morgan fingerprint density at radius 3 is 2.20 bits per heavy atom. The molecule has 0 spiro atoms. The van der Waals surface area contributed by atoms with Crippen molar-refractivity contribution >= 4 is 0 Å². The van der Waals surface area contributed by atoms with Gasteiger partial charge < -0.3 is 5.73 Å². The minimum absolute atomic E-state index is 0.0475. The van der Waals surface area contributed by atoms with E-state index in [-0.39, 0.29) is 5.66 Å². The van der Waals surface area contributed by atoms with E-state index in [4.69, 9.17) is 5.73 Å². The molecule has 1 aliphatic rings. The summed E-state index contributed by atoms with van der Waals surface area (Å²) in [4.78, 5) is 0. The van der Waals surface area contributed by atoms with Crippen molar-refractivity contribution in [2.45, 2.75) is 76.8 Å². The zero-order chi connectivity index (χ0) is 11.0. The highest BCUT2D eigenvalue weighted by atomic mass is 15.1. The highest BCUT2D eigenvalue weighted by molar-refractivity contribution is 4.82. The summed E-state index contributed by atoms with van der Waals surface area (Å²) in [6.45, 7) is 3.35. The van der Waals surface area contributed by atoms with Gasteiger partial charge in [0.2, 0.25) is 0 Å². The normalized spacial score (nSPS) is 22.0. The lowest BCUT2D eigenvalue weighted by molar-refractivity contribution is 0.256. The Hall–Kier alpha value is -0.0800. The minimum atomic E-state index is -0.0475. The summed E-state index contributed by atoms with van der Waals surface area (Å²) in [5.74, 6) is 0. The van der Waals surface area contributed by atoms with E-state index in [0.29, 0.717) is 0 Å². The first-order valence-corrected chi connectivity index (χ1v) is 6.81. The largest absolute Gasteiger partial charge is 0.313 e. The van der Waals surface area contributed by atoms with Gasteiger partial charge in [0.05, 0.1) is 5.66 Å². The molecular formula is C13H28N2. The highest BCUT2D eigenvalue weighted by Crippen LogP contribution is 2.22. The fourth-order valence-electron chi connectivity index (χ4n) is 2.43. The molecule has 0 aromatic rings. The third kappa shape index (κ3) is 5.53. The SMILES string of the molecule is CCCCCNC1(N)CCCCCCC1. The lowest BCUT2D eigenvalue weighted by atomic mass is 9.91. The molecule has 2 heteroatoms. The van der Waals surface area contributed by atoms with Gasteiger partial charge in [-0.3, -0.25) is 5.32 Å². The zero-order valence-corrected chi connectivity index (χ0v) is 10.4. The molecule has 0 aromatic heterocycles. The van der Waals surface area contributed by atoms with Gasteiger partial charge in [-0.15, -0.1) is 0 Å². The summed E-state index contributed by atoms with van der Waals surface area (Å²) in [6.07, 6.45) is 13.0. The molecule has 0 aliphatic heterocycles. The lowest BCUT2D eigenvalue weighted by Crippen LogP contribution is -2.54. The summed E-state index contributed by atoms with van der Waals surface area (Å²) < 4.78 is 0. The molecule has 90 valence electrons. The molecule has 0 unspecified atom stereocenters. The van der Waals surface area contributed by atoms with Crippen LogP contribution in [0.15, 0.2) is 0 Å². The third-order valence-corrected chi connectivity index (χ3v) is 3.50. The van der Waals surface area contributed by atoms with Crippen molar-refractivity contribution in [1.82, 2.24) is 5.32 Å². The molecule has 0 radical (unpaired) electrons. The Balaban J connectivity index is 2.21. The topological polar surface area (TPSA) is 38.0 Å². The number of rotatable bonds is 5. The second kappa shape index (κ2) is 7.24. The van der Waals surface area contributed by atoms with E-state index in [1.54, 1.807) is 0 Å². The van der Waals surface area contributed by atoms with Crippen LogP contribution in [-0.4, -0.2) is 12.2 Å². The molecule has 2 nitrogen and oxygen atoms in total. The number of hydrogen-bond donors (Lipinski definition) is 2. The summed E-state index contributed by atoms with van der Waals surface area (Å²) >= 11 is 0. The molecule has 0 bridgehead atoms.